The maximum atomic E-state index is 12.3. The van der Waals surface area contributed by atoms with Gasteiger partial charge in [-0.15, -0.1) is 0 Å². The minimum absolute atomic E-state index is 0.286. The predicted octanol–water partition coefficient (Wildman–Crippen LogP) is 4.84. The number of anilines is 1. The molecule has 0 bridgehead atoms. The van der Waals surface area contributed by atoms with Crippen molar-refractivity contribution in [2.75, 3.05) is 12.4 Å². The summed E-state index contributed by atoms with van der Waals surface area (Å²) < 4.78 is 10.2. The molecule has 0 aliphatic rings. The van der Waals surface area contributed by atoms with Crippen LogP contribution in [0.3, 0.4) is 0 Å². The molecule has 2 aromatic rings. The lowest BCUT2D eigenvalue weighted by atomic mass is 9.90. The molecule has 1 N–H and O–H groups in total. The van der Waals surface area contributed by atoms with Gasteiger partial charge in [0.15, 0.2) is 0 Å². The van der Waals surface area contributed by atoms with Gasteiger partial charge in [0.2, 0.25) is 0 Å². The van der Waals surface area contributed by atoms with Gasteiger partial charge in [-0.3, -0.25) is 10.1 Å². The zero-order valence-electron chi connectivity index (χ0n) is 16.5. The van der Waals surface area contributed by atoms with Crippen LogP contribution in [0, 0.1) is 6.92 Å². The highest BCUT2D eigenvalue weighted by Gasteiger charge is 2.23. The Balaban J connectivity index is 2.16. The molecule has 0 spiro atoms. The summed E-state index contributed by atoms with van der Waals surface area (Å²) in [7, 11) is 1.39. The molecular weight excluding hydrogens is 342 g/mol. The van der Waals surface area contributed by atoms with E-state index in [1.54, 1.807) is 12.1 Å². The lowest BCUT2D eigenvalue weighted by Crippen LogP contribution is -2.27. The smallest absolute Gasteiger partial charge is 0.412 e. The number of methoxy groups -OCH3 is 1. The largest absolute Gasteiger partial charge is 0.469 e. The van der Waals surface area contributed by atoms with E-state index in [-0.39, 0.29) is 5.97 Å². The molecule has 1 unspecified atom stereocenters. The molecule has 0 aliphatic carbocycles. The van der Waals surface area contributed by atoms with E-state index in [1.807, 2.05) is 64.1 Å². The lowest BCUT2D eigenvalue weighted by molar-refractivity contribution is -0.142. The third-order valence-electron chi connectivity index (χ3n) is 4.13. The molecule has 2 aromatic carbocycles. The van der Waals surface area contributed by atoms with Crippen LogP contribution in [0.5, 0.6) is 0 Å². The molecule has 0 fully saturated rings. The Hall–Kier alpha value is -2.82. The van der Waals surface area contributed by atoms with Crippen molar-refractivity contribution in [2.45, 2.75) is 45.6 Å². The molecule has 0 aromatic heterocycles. The Morgan fingerprint density at radius 2 is 1.67 bits per heavy atom. The van der Waals surface area contributed by atoms with Gasteiger partial charge < -0.3 is 9.47 Å². The van der Waals surface area contributed by atoms with Crippen molar-refractivity contribution >= 4 is 17.7 Å². The Labute approximate surface area is 160 Å². The number of carbonyl (C=O) groups is 2. The number of nitrogens with one attached hydrogen (secondary N) is 1. The molecule has 0 radical (unpaired) electrons. The molecule has 27 heavy (non-hydrogen) atoms. The van der Waals surface area contributed by atoms with Crippen LogP contribution in [-0.4, -0.2) is 24.8 Å². The predicted molar refractivity (Wildman–Crippen MR) is 106 cm³/mol. The van der Waals surface area contributed by atoms with Gasteiger partial charge in [-0.2, -0.15) is 0 Å². The van der Waals surface area contributed by atoms with Crippen molar-refractivity contribution in [3.8, 4) is 0 Å². The van der Waals surface area contributed by atoms with Gasteiger partial charge >= 0.3 is 12.1 Å². The highest BCUT2D eigenvalue weighted by atomic mass is 16.6. The minimum Gasteiger partial charge on any atom is -0.469 e. The summed E-state index contributed by atoms with van der Waals surface area (Å²) in [6, 6.07) is 15.1. The van der Waals surface area contributed by atoms with E-state index >= 15 is 0 Å². The number of hydrogen-bond acceptors (Lipinski definition) is 4. The van der Waals surface area contributed by atoms with E-state index in [0.29, 0.717) is 12.1 Å². The van der Waals surface area contributed by atoms with Crippen molar-refractivity contribution in [3.05, 3.63) is 65.2 Å². The Morgan fingerprint density at radius 3 is 2.22 bits per heavy atom. The molecule has 5 nitrogen and oxygen atoms in total. The summed E-state index contributed by atoms with van der Waals surface area (Å²) >= 11 is 0. The molecule has 0 saturated carbocycles. The summed E-state index contributed by atoms with van der Waals surface area (Å²) in [4.78, 5) is 24.2. The first-order valence-electron chi connectivity index (χ1n) is 8.92. The van der Waals surface area contributed by atoms with Crippen LogP contribution in [0.4, 0.5) is 10.5 Å². The highest BCUT2D eigenvalue weighted by molar-refractivity contribution is 5.85. The normalized spacial score (nSPS) is 12.2. The summed E-state index contributed by atoms with van der Waals surface area (Å²) in [6.07, 6.45) is 0.0396. The number of aryl methyl sites for hydroxylation is 1. The summed E-state index contributed by atoms with van der Waals surface area (Å²) in [6.45, 7) is 7.45. The zero-order chi connectivity index (χ0) is 20.0. The van der Waals surface area contributed by atoms with E-state index in [9.17, 15) is 9.59 Å². The quantitative estimate of drug-likeness (QED) is 0.766. The standard InChI is InChI=1S/C22H27NO4/c1-15-8-6-7-9-17(15)14-19(20(24)26-5)16-10-12-18(13-11-16)23-21(25)27-22(2,3)4/h6-13,19H,14H2,1-5H3,(H,23,25). The lowest BCUT2D eigenvalue weighted by Gasteiger charge is -2.20. The molecular formula is C22H27NO4. The van der Waals surface area contributed by atoms with Crippen LogP contribution in [0.1, 0.15) is 43.4 Å². The fourth-order valence-corrected chi connectivity index (χ4v) is 2.76. The Morgan fingerprint density at radius 1 is 1.04 bits per heavy atom. The van der Waals surface area contributed by atoms with Gasteiger partial charge in [0, 0.05) is 5.69 Å². The molecule has 0 aliphatic heterocycles. The van der Waals surface area contributed by atoms with Crippen LogP contribution in [0.2, 0.25) is 0 Å². The van der Waals surface area contributed by atoms with Crippen molar-refractivity contribution < 1.29 is 19.1 Å². The van der Waals surface area contributed by atoms with Gasteiger partial charge in [0.25, 0.3) is 0 Å². The number of rotatable bonds is 5. The molecule has 1 atom stereocenters. The number of benzene rings is 2. The molecule has 1 amide bonds. The highest BCUT2D eigenvalue weighted by Crippen LogP contribution is 2.25. The topological polar surface area (TPSA) is 64.6 Å². The van der Waals surface area contributed by atoms with E-state index in [4.69, 9.17) is 9.47 Å². The van der Waals surface area contributed by atoms with Gasteiger partial charge in [-0.05, 0) is 62.9 Å². The van der Waals surface area contributed by atoms with Crippen LogP contribution in [0.15, 0.2) is 48.5 Å². The molecule has 0 saturated heterocycles. The second-order valence-electron chi connectivity index (χ2n) is 7.46. The van der Waals surface area contributed by atoms with Crippen molar-refractivity contribution in [3.63, 3.8) is 0 Å². The third-order valence-corrected chi connectivity index (χ3v) is 4.13. The van der Waals surface area contributed by atoms with E-state index < -0.39 is 17.6 Å². The molecule has 144 valence electrons. The first kappa shape index (κ1) is 20.5. The van der Waals surface area contributed by atoms with Gasteiger partial charge in [-0.1, -0.05) is 36.4 Å². The number of ether oxygens (including phenoxy) is 2. The molecule has 0 heterocycles. The third kappa shape index (κ3) is 6.13. The molecule has 2 rings (SSSR count). The fourth-order valence-electron chi connectivity index (χ4n) is 2.76. The maximum Gasteiger partial charge on any atom is 0.412 e. The average Bonchev–Trinajstić information content (AvgIpc) is 2.59. The van der Waals surface area contributed by atoms with E-state index in [2.05, 4.69) is 5.32 Å². The van der Waals surface area contributed by atoms with Crippen LogP contribution in [0.25, 0.3) is 0 Å². The SMILES string of the molecule is COC(=O)C(Cc1ccccc1C)c1ccc(NC(=O)OC(C)(C)C)cc1. The van der Waals surface area contributed by atoms with Crippen molar-refractivity contribution in [1.82, 2.24) is 0 Å². The maximum absolute atomic E-state index is 12.3. The Bertz CT molecular complexity index is 791. The summed E-state index contributed by atoms with van der Waals surface area (Å²) in [5.74, 6) is -0.696. The van der Waals surface area contributed by atoms with Crippen LogP contribution >= 0.6 is 0 Å². The van der Waals surface area contributed by atoms with E-state index in [1.165, 1.54) is 7.11 Å². The zero-order valence-corrected chi connectivity index (χ0v) is 16.5. The van der Waals surface area contributed by atoms with Gasteiger partial charge in [-0.25, -0.2) is 4.79 Å². The van der Waals surface area contributed by atoms with Crippen LogP contribution < -0.4 is 5.32 Å². The number of hydrogen-bond donors (Lipinski definition) is 1. The van der Waals surface area contributed by atoms with Gasteiger partial charge in [0.1, 0.15) is 5.60 Å². The van der Waals surface area contributed by atoms with E-state index in [0.717, 1.165) is 16.7 Å². The summed E-state index contributed by atoms with van der Waals surface area (Å²) in [5.41, 5.74) is 3.11. The summed E-state index contributed by atoms with van der Waals surface area (Å²) in [5, 5.41) is 2.69. The number of amides is 1. The second kappa shape index (κ2) is 8.71. The monoisotopic (exact) mass is 369 g/mol. The fraction of sp³-hybridized carbons (Fsp3) is 0.364. The number of carbonyl (C=O) groups excluding carboxylic acids is 2. The first-order valence-corrected chi connectivity index (χ1v) is 8.92. The van der Waals surface area contributed by atoms with Crippen molar-refractivity contribution in [2.24, 2.45) is 0 Å². The molecule has 5 heteroatoms. The minimum atomic E-state index is -0.562. The van der Waals surface area contributed by atoms with Crippen LogP contribution in [-0.2, 0) is 20.7 Å². The average molecular weight is 369 g/mol. The first-order chi connectivity index (χ1) is 12.7. The number of esters is 1. The van der Waals surface area contributed by atoms with Gasteiger partial charge in [0.05, 0.1) is 13.0 Å². The Kier molecular flexibility index (Phi) is 6.61. The second-order valence-corrected chi connectivity index (χ2v) is 7.46. The van der Waals surface area contributed by atoms with Crippen molar-refractivity contribution in [1.29, 1.82) is 0 Å².